The maximum absolute atomic E-state index is 5.74. The Morgan fingerprint density at radius 3 is 2.33 bits per heavy atom. The molecule has 0 bridgehead atoms. The predicted octanol–water partition coefficient (Wildman–Crippen LogP) is 0.690. The van der Waals surface area contributed by atoms with E-state index in [1.165, 1.54) is 0 Å². The van der Waals surface area contributed by atoms with E-state index in [-0.39, 0.29) is 11.6 Å². The molecule has 0 radical (unpaired) electrons. The Kier molecular flexibility index (Phi) is 4.75. The molecule has 0 aliphatic heterocycles. The molecule has 0 aliphatic carbocycles. The Morgan fingerprint density at radius 1 is 1.58 bits per heavy atom. The van der Waals surface area contributed by atoms with Crippen molar-refractivity contribution in [1.82, 2.24) is 4.90 Å². The van der Waals surface area contributed by atoms with Gasteiger partial charge in [0.15, 0.2) is 0 Å². The van der Waals surface area contributed by atoms with E-state index in [1.807, 2.05) is 0 Å². The van der Waals surface area contributed by atoms with Crippen molar-refractivity contribution in [3.05, 3.63) is 0 Å². The van der Waals surface area contributed by atoms with Crippen LogP contribution in [0, 0.1) is 0 Å². The van der Waals surface area contributed by atoms with Crippen molar-refractivity contribution >= 4 is 0 Å². The summed E-state index contributed by atoms with van der Waals surface area (Å²) < 4.78 is 5.31. The molecule has 0 amide bonds. The highest BCUT2D eigenvalue weighted by atomic mass is 16.5. The standard InChI is InChI=1S/C9H22N2O/c1-6-11(4)9(3,7-10)8(2)12-5/h8H,6-7,10H2,1-5H3. The van der Waals surface area contributed by atoms with Crippen molar-refractivity contribution < 1.29 is 4.74 Å². The molecule has 2 unspecified atom stereocenters. The normalized spacial score (nSPS) is 19.2. The molecular formula is C9H22N2O. The maximum atomic E-state index is 5.74. The first kappa shape index (κ1) is 11.9. The lowest BCUT2D eigenvalue weighted by atomic mass is 9.94. The van der Waals surface area contributed by atoms with E-state index in [9.17, 15) is 0 Å². The minimum Gasteiger partial charge on any atom is -0.380 e. The lowest BCUT2D eigenvalue weighted by Gasteiger charge is -2.41. The number of hydrogen-bond donors (Lipinski definition) is 1. The summed E-state index contributed by atoms with van der Waals surface area (Å²) >= 11 is 0. The van der Waals surface area contributed by atoms with Gasteiger partial charge in [-0.15, -0.1) is 0 Å². The molecule has 0 aromatic carbocycles. The van der Waals surface area contributed by atoms with Crippen LogP contribution >= 0.6 is 0 Å². The van der Waals surface area contributed by atoms with Crippen molar-refractivity contribution in [2.24, 2.45) is 5.73 Å². The highest BCUT2D eigenvalue weighted by molar-refractivity contribution is 4.90. The Morgan fingerprint density at radius 2 is 2.08 bits per heavy atom. The zero-order chi connectivity index (χ0) is 9.78. The molecule has 0 aromatic heterocycles. The zero-order valence-electron chi connectivity index (χ0n) is 8.92. The van der Waals surface area contributed by atoms with Gasteiger partial charge in [0, 0.05) is 13.7 Å². The topological polar surface area (TPSA) is 38.5 Å². The van der Waals surface area contributed by atoms with Gasteiger partial charge in [-0.1, -0.05) is 6.92 Å². The van der Waals surface area contributed by atoms with E-state index < -0.39 is 0 Å². The van der Waals surface area contributed by atoms with Crippen LogP contribution in [0.4, 0.5) is 0 Å². The highest BCUT2D eigenvalue weighted by Crippen LogP contribution is 2.18. The SMILES string of the molecule is CCN(C)C(C)(CN)C(C)OC. The number of rotatable bonds is 5. The average molecular weight is 174 g/mol. The molecule has 0 saturated heterocycles. The third kappa shape index (κ3) is 2.19. The first-order chi connectivity index (χ1) is 5.52. The van der Waals surface area contributed by atoms with Crippen molar-refractivity contribution in [3.8, 4) is 0 Å². The molecular weight excluding hydrogens is 152 g/mol. The fourth-order valence-electron chi connectivity index (χ4n) is 1.25. The molecule has 2 N–H and O–H groups in total. The van der Waals surface area contributed by atoms with E-state index in [1.54, 1.807) is 7.11 Å². The molecule has 0 rings (SSSR count). The van der Waals surface area contributed by atoms with Crippen LogP contribution in [0.2, 0.25) is 0 Å². The van der Waals surface area contributed by atoms with E-state index in [4.69, 9.17) is 10.5 Å². The van der Waals surface area contributed by atoms with Crippen molar-refractivity contribution in [2.45, 2.75) is 32.4 Å². The van der Waals surface area contributed by atoms with Crippen LogP contribution in [0.5, 0.6) is 0 Å². The van der Waals surface area contributed by atoms with Gasteiger partial charge in [-0.3, -0.25) is 4.90 Å². The average Bonchev–Trinajstić information content (AvgIpc) is 2.13. The summed E-state index contributed by atoms with van der Waals surface area (Å²) in [6.07, 6.45) is 0.160. The van der Waals surface area contributed by atoms with Crippen LogP contribution in [0.3, 0.4) is 0 Å². The molecule has 0 spiro atoms. The number of ether oxygens (including phenoxy) is 1. The second-order valence-electron chi connectivity index (χ2n) is 3.45. The summed E-state index contributed by atoms with van der Waals surface area (Å²) in [5.41, 5.74) is 5.69. The first-order valence-electron chi connectivity index (χ1n) is 4.47. The van der Waals surface area contributed by atoms with Crippen LogP contribution in [-0.2, 0) is 4.74 Å². The van der Waals surface area contributed by atoms with Crippen LogP contribution in [0.1, 0.15) is 20.8 Å². The summed E-state index contributed by atoms with van der Waals surface area (Å²) in [7, 11) is 3.80. The van der Waals surface area contributed by atoms with Crippen molar-refractivity contribution in [2.75, 3.05) is 27.2 Å². The Balaban J connectivity index is 4.42. The van der Waals surface area contributed by atoms with Crippen molar-refractivity contribution in [3.63, 3.8) is 0 Å². The van der Waals surface area contributed by atoms with Gasteiger partial charge >= 0.3 is 0 Å². The third-order valence-electron chi connectivity index (χ3n) is 2.99. The van der Waals surface area contributed by atoms with E-state index in [2.05, 4.69) is 32.7 Å². The van der Waals surface area contributed by atoms with Gasteiger partial charge in [-0.25, -0.2) is 0 Å². The highest BCUT2D eigenvalue weighted by Gasteiger charge is 2.33. The van der Waals surface area contributed by atoms with E-state index in [0.717, 1.165) is 6.54 Å². The molecule has 12 heavy (non-hydrogen) atoms. The fourth-order valence-corrected chi connectivity index (χ4v) is 1.25. The van der Waals surface area contributed by atoms with Gasteiger partial charge in [0.05, 0.1) is 11.6 Å². The lowest BCUT2D eigenvalue weighted by Crippen LogP contribution is -2.57. The Hall–Kier alpha value is -0.120. The molecule has 74 valence electrons. The second kappa shape index (κ2) is 4.80. The van der Waals surface area contributed by atoms with E-state index >= 15 is 0 Å². The molecule has 0 aliphatic rings. The summed E-state index contributed by atoms with van der Waals surface area (Å²) in [6, 6.07) is 0. The van der Waals surface area contributed by atoms with Gasteiger partial charge < -0.3 is 10.5 Å². The number of methoxy groups -OCH3 is 1. The summed E-state index contributed by atoms with van der Waals surface area (Å²) in [4.78, 5) is 2.22. The molecule has 3 heteroatoms. The maximum Gasteiger partial charge on any atom is 0.0736 e. The number of nitrogens with two attached hydrogens (primary N) is 1. The number of likely N-dealkylation sites (N-methyl/N-ethyl adjacent to an activating group) is 1. The summed E-state index contributed by atoms with van der Waals surface area (Å²) in [5.74, 6) is 0. The second-order valence-corrected chi connectivity index (χ2v) is 3.45. The van der Waals surface area contributed by atoms with Gasteiger partial charge in [0.2, 0.25) is 0 Å². The van der Waals surface area contributed by atoms with Gasteiger partial charge in [-0.05, 0) is 27.4 Å². The number of nitrogens with zero attached hydrogens (tertiary/aromatic N) is 1. The van der Waals surface area contributed by atoms with Gasteiger partial charge in [-0.2, -0.15) is 0 Å². The lowest BCUT2D eigenvalue weighted by molar-refractivity contribution is -0.0172. The summed E-state index contributed by atoms with van der Waals surface area (Å²) in [6.45, 7) is 7.91. The molecule has 2 atom stereocenters. The molecule has 3 nitrogen and oxygen atoms in total. The molecule has 0 saturated carbocycles. The van der Waals surface area contributed by atoms with Crippen molar-refractivity contribution in [1.29, 1.82) is 0 Å². The van der Waals surface area contributed by atoms with Gasteiger partial charge in [0.1, 0.15) is 0 Å². The third-order valence-corrected chi connectivity index (χ3v) is 2.99. The van der Waals surface area contributed by atoms with Crippen LogP contribution in [-0.4, -0.2) is 43.8 Å². The molecule has 0 heterocycles. The fraction of sp³-hybridized carbons (Fsp3) is 1.00. The summed E-state index contributed by atoms with van der Waals surface area (Å²) in [5, 5.41) is 0. The quantitative estimate of drug-likeness (QED) is 0.666. The molecule has 0 aromatic rings. The smallest absolute Gasteiger partial charge is 0.0736 e. The minimum atomic E-state index is -0.0521. The zero-order valence-corrected chi connectivity index (χ0v) is 8.92. The Labute approximate surface area is 75.9 Å². The number of hydrogen-bond acceptors (Lipinski definition) is 3. The molecule has 0 fully saturated rings. The first-order valence-corrected chi connectivity index (χ1v) is 4.47. The van der Waals surface area contributed by atoms with E-state index in [0.29, 0.717) is 6.54 Å². The van der Waals surface area contributed by atoms with Crippen LogP contribution < -0.4 is 5.73 Å². The van der Waals surface area contributed by atoms with Crippen LogP contribution in [0.25, 0.3) is 0 Å². The Bertz CT molecular complexity index is 118. The predicted molar refractivity (Wildman–Crippen MR) is 52.2 cm³/mol. The van der Waals surface area contributed by atoms with Gasteiger partial charge in [0.25, 0.3) is 0 Å². The minimum absolute atomic E-state index is 0.0521. The monoisotopic (exact) mass is 174 g/mol. The van der Waals surface area contributed by atoms with Crippen LogP contribution in [0.15, 0.2) is 0 Å². The largest absolute Gasteiger partial charge is 0.380 e.